The number of imide groups is 2. The summed E-state index contributed by atoms with van der Waals surface area (Å²) in [5.74, 6) is -0.658. The first kappa shape index (κ1) is 43.8. The summed E-state index contributed by atoms with van der Waals surface area (Å²) in [5, 5.41) is 3.20. The number of rotatable bonds is 15. The number of benzene rings is 3. The maximum atomic E-state index is 13.9. The number of hydrogen-bond acceptors (Lipinski definition) is 11. The number of unbranched alkanes of at least 4 members (excludes halogenated alkanes) is 3. The monoisotopic (exact) mass is 898 g/mol. The number of fused-ring (bicyclic) bond motifs is 2. The number of anilines is 1. The zero-order valence-corrected chi connectivity index (χ0v) is 36.9. The van der Waals surface area contributed by atoms with Gasteiger partial charge in [-0.25, -0.2) is 9.97 Å². The molecule has 15 nitrogen and oxygen atoms in total. The molecule has 65 heavy (non-hydrogen) atoms. The van der Waals surface area contributed by atoms with Gasteiger partial charge in [0.15, 0.2) is 5.78 Å². The van der Waals surface area contributed by atoms with E-state index in [4.69, 9.17) is 16.3 Å². The average Bonchev–Trinajstić information content (AvgIpc) is 3.86. The predicted molar refractivity (Wildman–Crippen MR) is 243 cm³/mol. The lowest BCUT2D eigenvalue weighted by molar-refractivity contribution is -0.136. The number of carbonyl (C=O) groups excluding carboxylic acids is 6. The van der Waals surface area contributed by atoms with E-state index < -0.39 is 29.7 Å². The van der Waals surface area contributed by atoms with Gasteiger partial charge in [-0.3, -0.25) is 43.9 Å². The van der Waals surface area contributed by atoms with Crippen molar-refractivity contribution in [2.45, 2.75) is 70.3 Å². The van der Waals surface area contributed by atoms with E-state index in [1.165, 1.54) is 6.33 Å². The summed E-state index contributed by atoms with van der Waals surface area (Å²) < 4.78 is 5.91. The maximum Gasteiger partial charge on any atom is 0.262 e. The molecule has 5 aromatic rings. The quantitative estimate of drug-likeness (QED) is 0.0658. The van der Waals surface area contributed by atoms with Crippen molar-refractivity contribution in [2.24, 2.45) is 5.92 Å². The fraction of sp³-hybridized carbons (Fsp3) is 0.388. The van der Waals surface area contributed by atoms with Gasteiger partial charge in [-0.15, -0.1) is 0 Å². The van der Waals surface area contributed by atoms with Crippen molar-refractivity contribution in [3.63, 3.8) is 0 Å². The van der Waals surface area contributed by atoms with Crippen molar-refractivity contribution in [3.8, 4) is 11.5 Å². The van der Waals surface area contributed by atoms with Crippen LogP contribution in [0.4, 0.5) is 5.69 Å². The Morgan fingerprint density at radius 2 is 1.60 bits per heavy atom. The van der Waals surface area contributed by atoms with E-state index in [2.05, 4.69) is 30.1 Å². The molecule has 0 spiro atoms. The van der Waals surface area contributed by atoms with Gasteiger partial charge in [-0.1, -0.05) is 42.6 Å². The number of nitrogens with one attached hydrogen (secondary N) is 2. The molecular formula is C49H51ClN8O7. The summed E-state index contributed by atoms with van der Waals surface area (Å²) in [6.07, 6.45) is 10.3. The summed E-state index contributed by atoms with van der Waals surface area (Å²) >= 11 is 6.65. The molecule has 4 aliphatic rings. The van der Waals surface area contributed by atoms with Crippen LogP contribution in [0.5, 0.6) is 11.5 Å². The van der Waals surface area contributed by atoms with Crippen LogP contribution >= 0.6 is 11.6 Å². The Balaban J connectivity index is 0.705. The second-order valence-corrected chi connectivity index (χ2v) is 17.8. The number of ether oxygens (including phenoxy) is 1. The van der Waals surface area contributed by atoms with Crippen LogP contribution in [0.15, 0.2) is 79.3 Å². The molecule has 0 aliphatic carbocycles. The Hall–Kier alpha value is -6.45. The van der Waals surface area contributed by atoms with E-state index in [0.29, 0.717) is 58.6 Å². The fourth-order valence-corrected chi connectivity index (χ4v) is 9.87. The maximum absolute atomic E-state index is 13.9. The molecule has 3 fully saturated rings. The summed E-state index contributed by atoms with van der Waals surface area (Å²) in [7, 11) is 0. The fourth-order valence-electron chi connectivity index (χ4n) is 9.61. The largest absolute Gasteiger partial charge is 0.457 e. The number of likely N-dealkylation sites (tertiary alicyclic amines) is 1. The standard InChI is InChI=1S/C49H51ClN8O7/c50-39-27-34(65-33-10-4-3-5-11-33)14-16-36(39)45(61)38-28-51-46-44(38)40(52-30-53-46)25-31-9-8-20-57(29-31)43(60)12-6-1-2-7-19-55-21-23-56(24-22-55)32-13-15-35-37(26-32)49(64)58(48(35)63)41-17-18-42(59)54-47(41)62/h3-5,10-11,13-16,26-28,30-31,41H,1-2,6-9,12,17-25,29H2,(H,51,52,53)(H,54,59,62)/t31-,41?/m0/s1. The summed E-state index contributed by atoms with van der Waals surface area (Å²) in [6.45, 7) is 5.68. The highest BCUT2D eigenvalue weighted by molar-refractivity contribution is 6.35. The van der Waals surface area contributed by atoms with Gasteiger partial charge in [0, 0.05) is 75.6 Å². The number of hydrogen-bond donors (Lipinski definition) is 2. The topological polar surface area (TPSA) is 178 Å². The van der Waals surface area contributed by atoms with Crippen molar-refractivity contribution in [1.82, 2.24) is 35.0 Å². The molecule has 336 valence electrons. The van der Waals surface area contributed by atoms with Crippen molar-refractivity contribution >= 4 is 63.6 Å². The summed E-state index contributed by atoms with van der Waals surface area (Å²) in [6, 6.07) is 18.7. The van der Waals surface area contributed by atoms with Crippen LogP contribution in [-0.4, -0.2) is 117 Å². The van der Waals surface area contributed by atoms with Crippen molar-refractivity contribution in [3.05, 3.63) is 112 Å². The Labute approximate surface area is 381 Å². The summed E-state index contributed by atoms with van der Waals surface area (Å²) in [4.78, 5) is 97.7. The molecule has 4 aliphatic heterocycles. The second-order valence-electron chi connectivity index (χ2n) is 17.4. The zero-order chi connectivity index (χ0) is 45.0. The summed E-state index contributed by atoms with van der Waals surface area (Å²) in [5.41, 5.74) is 3.62. The first-order valence-corrected chi connectivity index (χ1v) is 23.0. The lowest BCUT2D eigenvalue weighted by atomic mass is 9.91. The molecule has 2 N–H and O–H groups in total. The zero-order valence-electron chi connectivity index (χ0n) is 36.1. The lowest BCUT2D eigenvalue weighted by Crippen LogP contribution is -2.54. The Bertz CT molecular complexity index is 2650. The van der Waals surface area contributed by atoms with Crippen LogP contribution < -0.4 is 15.0 Å². The van der Waals surface area contributed by atoms with Gasteiger partial charge in [-0.05, 0) is 93.5 Å². The third kappa shape index (κ3) is 9.52. The number of amides is 5. The van der Waals surface area contributed by atoms with E-state index in [1.807, 2.05) is 41.3 Å². The molecule has 1 unspecified atom stereocenters. The van der Waals surface area contributed by atoms with Gasteiger partial charge in [0.2, 0.25) is 17.7 Å². The van der Waals surface area contributed by atoms with Crippen LogP contribution in [0.25, 0.3) is 11.0 Å². The normalized spacial score (nSPS) is 19.2. The number of piperazine rings is 1. The van der Waals surface area contributed by atoms with Crippen LogP contribution in [0.1, 0.15) is 100 Å². The molecule has 0 radical (unpaired) electrons. The number of carbonyl (C=O) groups is 6. The molecule has 0 bridgehead atoms. The van der Waals surface area contributed by atoms with Crippen molar-refractivity contribution in [2.75, 3.05) is 50.7 Å². The van der Waals surface area contributed by atoms with E-state index in [0.717, 1.165) is 94.1 Å². The lowest BCUT2D eigenvalue weighted by Gasteiger charge is -2.36. The van der Waals surface area contributed by atoms with E-state index in [9.17, 15) is 28.8 Å². The number of para-hydroxylation sites is 1. The Kier molecular flexibility index (Phi) is 13.0. The van der Waals surface area contributed by atoms with E-state index >= 15 is 0 Å². The van der Waals surface area contributed by atoms with Crippen LogP contribution in [0, 0.1) is 5.92 Å². The average molecular weight is 899 g/mol. The third-order valence-corrected chi connectivity index (χ3v) is 13.4. The van der Waals surface area contributed by atoms with Crippen LogP contribution in [0.2, 0.25) is 5.02 Å². The first-order chi connectivity index (χ1) is 31.6. The van der Waals surface area contributed by atoms with Crippen molar-refractivity contribution in [1.29, 1.82) is 0 Å². The minimum absolute atomic E-state index is 0.0843. The Morgan fingerprint density at radius 1 is 0.800 bits per heavy atom. The smallest absolute Gasteiger partial charge is 0.262 e. The molecule has 2 atom stereocenters. The van der Waals surface area contributed by atoms with E-state index in [-0.39, 0.29) is 41.0 Å². The molecule has 5 amide bonds. The number of aromatic amines is 1. The van der Waals surface area contributed by atoms with Crippen LogP contribution in [0.3, 0.4) is 0 Å². The van der Waals surface area contributed by atoms with Crippen molar-refractivity contribution < 1.29 is 33.5 Å². The van der Waals surface area contributed by atoms with Gasteiger partial charge in [-0.2, -0.15) is 0 Å². The molecule has 2 aromatic heterocycles. The number of H-pyrrole nitrogens is 1. The van der Waals surface area contributed by atoms with E-state index in [1.54, 1.807) is 36.5 Å². The third-order valence-electron chi connectivity index (χ3n) is 13.1. The van der Waals surface area contributed by atoms with Gasteiger partial charge in [0.1, 0.15) is 29.5 Å². The number of aromatic nitrogens is 3. The number of ketones is 1. The van der Waals surface area contributed by atoms with Crippen LogP contribution in [-0.2, 0) is 20.8 Å². The number of halogens is 1. The van der Waals surface area contributed by atoms with Gasteiger partial charge < -0.3 is 19.5 Å². The number of nitrogens with zero attached hydrogens (tertiary/aromatic N) is 6. The molecule has 16 heteroatoms. The minimum atomic E-state index is -0.982. The number of piperidine rings is 2. The molecule has 3 saturated heterocycles. The van der Waals surface area contributed by atoms with Gasteiger partial charge in [0.25, 0.3) is 11.8 Å². The van der Waals surface area contributed by atoms with Gasteiger partial charge in [0.05, 0.1) is 32.8 Å². The highest BCUT2D eigenvalue weighted by atomic mass is 35.5. The van der Waals surface area contributed by atoms with Gasteiger partial charge >= 0.3 is 0 Å². The highest BCUT2D eigenvalue weighted by Crippen LogP contribution is 2.33. The Morgan fingerprint density at radius 3 is 2.40 bits per heavy atom. The molecule has 6 heterocycles. The molecular weight excluding hydrogens is 848 g/mol. The highest BCUT2D eigenvalue weighted by Gasteiger charge is 2.45. The predicted octanol–water partition coefficient (Wildman–Crippen LogP) is 6.59. The second kappa shape index (κ2) is 19.3. The molecule has 9 rings (SSSR count). The SMILES string of the molecule is O=C1CCC(N2C(=O)c3ccc(N4CCN(CCCCCCC(=O)N5CCC[C@@H](Cc6ncnc7[nH]cc(C(=O)c8ccc(Oc9ccccc9)cc8Cl)c67)C5)CC4)cc3C2=O)C(=O)N1. The minimum Gasteiger partial charge on any atom is -0.457 e. The molecule has 0 saturated carbocycles. The molecule has 3 aromatic carbocycles. The first-order valence-electron chi connectivity index (χ1n) is 22.6.